The van der Waals surface area contributed by atoms with Crippen molar-refractivity contribution in [3.05, 3.63) is 318 Å². The Morgan fingerprint density at radius 1 is 0.304 bits per heavy atom. The molecule has 0 fully saturated rings. The molecule has 0 spiro atoms. The van der Waals surface area contributed by atoms with Crippen molar-refractivity contribution < 1.29 is 19.4 Å². The molecule has 16 rings (SSSR count). The molecule has 0 aliphatic rings. The molecule has 0 radical (unpaired) electrons. The zero-order valence-electron chi connectivity index (χ0n) is 75.4. The van der Waals surface area contributed by atoms with Gasteiger partial charge in [0.25, 0.3) is 6.47 Å². The van der Waals surface area contributed by atoms with Crippen molar-refractivity contribution in [2.75, 3.05) is 0 Å². The number of carboxylic acid groups (broad SMARTS) is 1. The lowest BCUT2D eigenvalue weighted by molar-refractivity contribution is -0.120. The first-order valence-corrected chi connectivity index (χ1v) is 51.8. The lowest BCUT2D eigenvalue weighted by atomic mass is 9.89. The van der Waals surface area contributed by atoms with E-state index in [1.54, 1.807) is 24.3 Å². The van der Waals surface area contributed by atoms with Crippen LogP contribution in [0, 0.1) is 46.2 Å². The van der Waals surface area contributed by atoms with Crippen molar-refractivity contribution in [2.24, 2.45) is 0 Å². The van der Waals surface area contributed by atoms with Crippen LogP contribution in [0.25, 0.3) is 130 Å². The fourth-order valence-corrected chi connectivity index (χ4v) is 36.5. The molecule has 0 atom stereocenters. The molecule has 0 aliphatic carbocycles. The SMILES string of the molecule is CC(C)[Si](C#Cc1c2ccc(-c3ccc(OC=O)cc3)cc2c(C#C[Si](C(C)C)(C(C)C)C(C)C)c2cc3ccccc3cc12)(C(C)C)C(C)C.CC(C)[Si](C#Cc1c2ccccc2c(C#Cc2ccc(C(=O)O)cc2)c2cc3ccccc3cc12)(C(C)C)C(C)C.S=C(S)c1ccc(-c2ccc(-c3c4ccccc4cc4cc5ccccc5cc34)cc2)cc1. The molecular weight excluding hydrogens is 1610 g/mol. The number of thiol groups is 1. The lowest BCUT2D eigenvalue weighted by Gasteiger charge is -2.38. The summed E-state index contributed by atoms with van der Waals surface area (Å²) in [7, 11) is -6.03. The fourth-order valence-electron chi connectivity index (χ4n) is 20.6. The summed E-state index contributed by atoms with van der Waals surface area (Å²) in [5, 5.41) is 30.8. The summed E-state index contributed by atoms with van der Waals surface area (Å²) in [6, 6.07) is 97.5. The minimum atomic E-state index is -2.05. The monoisotopic (exact) mass is 1720 g/mol. The van der Waals surface area contributed by atoms with Crippen LogP contribution in [0.15, 0.2) is 279 Å². The van der Waals surface area contributed by atoms with Crippen LogP contribution in [-0.2, 0) is 4.79 Å². The van der Waals surface area contributed by atoms with E-state index in [-0.39, 0.29) is 5.56 Å². The molecule has 0 aromatic heterocycles. The minimum Gasteiger partial charge on any atom is -0.478 e. The number of carbonyl (C=O) groups excluding carboxylic acids is 1. The van der Waals surface area contributed by atoms with Gasteiger partial charge in [-0.25, -0.2) is 4.79 Å². The number of rotatable bonds is 16. The van der Waals surface area contributed by atoms with Gasteiger partial charge >= 0.3 is 5.97 Å². The molecule has 0 saturated carbocycles. The normalized spacial score (nSPS) is 11.8. The van der Waals surface area contributed by atoms with Crippen molar-refractivity contribution in [3.8, 4) is 85.4 Å². The van der Waals surface area contributed by atoms with Crippen LogP contribution in [0.4, 0.5) is 0 Å². The Hall–Kier alpha value is -11.9. The number of aromatic carboxylic acids is 1. The van der Waals surface area contributed by atoms with Gasteiger partial charge in [0, 0.05) is 27.8 Å². The Morgan fingerprint density at radius 3 is 0.992 bits per heavy atom. The number of carbonyl (C=O) groups is 2. The van der Waals surface area contributed by atoms with Gasteiger partial charge in [0.05, 0.1) is 9.76 Å². The molecule has 16 aromatic rings. The van der Waals surface area contributed by atoms with Crippen molar-refractivity contribution in [2.45, 2.75) is 174 Å². The highest BCUT2D eigenvalue weighted by Gasteiger charge is 2.44. The van der Waals surface area contributed by atoms with Gasteiger partial charge in [-0.3, -0.25) is 4.79 Å². The van der Waals surface area contributed by atoms with Crippen LogP contribution in [-0.4, -0.2) is 46.0 Å². The molecular formula is C116H112O4S2Si3. The van der Waals surface area contributed by atoms with Gasteiger partial charge < -0.3 is 9.84 Å². The summed E-state index contributed by atoms with van der Waals surface area (Å²) in [5.41, 5.74) is 30.3. The Bertz CT molecular complexity index is 7040. The number of hydrogen-bond acceptors (Lipinski definition) is 4. The van der Waals surface area contributed by atoms with Crippen LogP contribution in [0.3, 0.4) is 0 Å². The third-order valence-electron chi connectivity index (χ3n) is 26.9. The Morgan fingerprint density at radius 2 is 0.600 bits per heavy atom. The summed E-state index contributed by atoms with van der Waals surface area (Å²) in [5.74, 6) is 18.1. The van der Waals surface area contributed by atoms with E-state index < -0.39 is 30.2 Å². The van der Waals surface area contributed by atoms with Crippen LogP contribution in [0.5, 0.6) is 5.75 Å². The van der Waals surface area contributed by atoms with Crippen LogP contribution < -0.4 is 4.74 Å². The van der Waals surface area contributed by atoms with Crippen LogP contribution in [0.1, 0.15) is 168 Å². The van der Waals surface area contributed by atoms with E-state index in [1.807, 2.05) is 36.4 Å². The topological polar surface area (TPSA) is 63.6 Å². The zero-order valence-corrected chi connectivity index (χ0v) is 80.1. The first-order chi connectivity index (χ1) is 60.0. The van der Waals surface area contributed by atoms with E-state index in [4.69, 9.17) is 17.0 Å². The Kier molecular flexibility index (Phi) is 27.1. The maximum absolute atomic E-state index is 11.3. The summed E-state index contributed by atoms with van der Waals surface area (Å²) >= 11 is 9.44. The number of benzene rings is 16. The van der Waals surface area contributed by atoms with Crippen LogP contribution in [0.2, 0.25) is 49.9 Å². The molecule has 0 bridgehead atoms. The second-order valence-corrected chi connectivity index (χ2v) is 54.4. The van der Waals surface area contributed by atoms with Crippen molar-refractivity contribution >= 4 is 163 Å². The largest absolute Gasteiger partial charge is 0.478 e. The molecule has 4 nitrogen and oxygen atoms in total. The van der Waals surface area contributed by atoms with Crippen molar-refractivity contribution in [1.82, 2.24) is 0 Å². The molecule has 1 N–H and O–H groups in total. The van der Waals surface area contributed by atoms with Crippen LogP contribution >= 0.6 is 24.8 Å². The van der Waals surface area contributed by atoms with Gasteiger partial charge in [-0.15, -0.1) is 29.3 Å². The van der Waals surface area contributed by atoms with Gasteiger partial charge in [0.1, 0.15) is 30.0 Å². The number of carboxylic acids is 1. The molecule has 0 saturated heterocycles. The molecule has 16 aromatic carbocycles. The highest BCUT2D eigenvalue weighted by atomic mass is 32.1. The molecule has 624 valence electrons. The van der Waals surface area contributed by atoms with E-state index in [0.717, 1.165) is 76.8 Å². The number of ether oxygens (including phenoxy) is 1. The molecule has 9 heteroatoms. The van der Waals surface area contributed by atoms with E-state index >= 15 is 0 Å². The second kappa shape index (κ2) is 37.9. The maximum atomic E-state index is 11.3. The Labute approximate surface area is 754 Å². The minimum absolute atomic E-state index is 0.254. The first-order valence-electron chi connectivity index (χ1n) is 44.2. The molecule has 0 unspecified atom stereocenters. The summed E-state index contributed by atoms with van der Waals surface area (Å²) in [4.78, 5) is 22.3. The maximum Gasteiger partial charge on any atom is 0.335 e. The van der Waals surface area contributed by atoms with E-state index in [1.165, 1.54) is 86.9 Å². The molecule has 0 amide bonds. The molecule has 125 heavy (non-hydrogen) atoms. The smallest absolute Gasteiger partial charge is 0.335 e. The predicted octanol–water partition coefficient (Wildman–Crippen LogP) is 32.4. The Balaban J connectivity index is 0.000000156. The van der Waals surface area contributed by atoms with Crippen molar-refractivity contribution in [3.63, 3.8) is 0 Å². The van der Waals surface area contributed by atoms with Crippen molar-refractivity contribution in [1.29, 1.82) is 0 Å². The van der Waals surface area contributed by atoms with E-state index in [2.05, 4.69) is 402 Å². The summed E-state index contributed by atoms with van der Waals surface area (Å²) in [6.07, 6.45) is 0. The van der Waals surface area contributed by atoms with Gasteiger partial charge in [0.2, 0.25) is 0 Å². The number of thiocarbonyl (C=S) groups is 1. The van der Waals surface area contributed by atoms with Gasteiger partial charge in [-0.2, -0.15) is 0 Å². The third-order valence-corrected chi connectivity index (χ3v) is 46.2. The third kappa shape index (κ3) is 17.8. The van der Waals surface area contributed by atoms with E-state index in [0.29, 0.717) is 66.3 Å². The zero-order chi connectivity index (χ0) is 88.9. The standard InChI is InChI=1S/C47H56O2Si2.C38H36O2Si.C31H20S2/c1-31(2)50(32(3)4,33(5)6)25-23-43-42-22-19-40(37-17-20-41(21-18-37)49-30-48)29-45(42)44(24-26-51(34(7)8,35(9)10)36(11)12)47-28-39-16-14-13-15-38(39)27-46(43)47;1-25(2)41(26(3)4,27(5)6)22-21-35-33-14-10-9-13-32(33)34(20-17-28-15-18-29(19-16-28)38(39)40)36-23-30-11-7-8-12-31(30)24-37(35)36;32-31(33)23-15-11-21(12-16-23)20-9-13-22(14-10-20)30-28-8-4-3-7-26(28)18-27-17-24-5-1-2-6-25(24)19-29(27)30/h13-22,27-36H,1-12H3;7-16,18-19,23-27H,1-6H3,(H,39,40);1-19H,(H,32,33). The second-order valence-electron chi connectivity index (χ2n) is 36.5. The lowest BCUT2D eigenvalue weighted by Crippen LogP contribution is -2.43. The average Bonchev–Trinajstić information content (AvgIpc) is 0.740. The van der Waals surface area contributed by atoms with Gasteiger partial charge in [0.15, 0.2) is 0 Å². The number of hydrogen-bond donors (Lipinski definition) is 2. The fraction of sp³-hybridized carbons (Fsp3) is 0.233. The molecule has 0 heterocycles. The highest BCUT2D eigenvalue weighted by molar-refractivity contribution is 8.11. The summed E-state index contributed by atoms with van der Waals surface area (Å²) in [6.45, 7) is 43.2. The highest BCUT2D eigenvalue weighted by Crippen LogP contribution is 2.47. The first kappa shape index (κ1) is 89.4. The number of fused-ring (bicyclic) bond motifs is 9. The molecule has 0 aliphatic heterocycles. The van der Waals surface area contributed by atoms with Gasteiger partial charge in [-0.05, 0) is 271 Å². The predicted molar refractivity (Wildman–Crippen MR) is 554 cm³/mol. The van der Waals surface area contributed by atoms with E-state index in [9.17, 15) is 14.7 Å². The average molecular weight is 1720 g/mol. The van der Waals surface area contributed by atoms with Gasteiger partial charge in [-0.1, -0.05) is 361 Å². The quantitative estimate of drug-likeness (QED) is 0.0252. The summed E-state index contributed by atoms with van der Waals surface area (Å²) < 4.78 is 5.72.